The first-order chi connectivity index (χ1) is 36.0. The summed E-state index contributed by atoms with van der Waals surface area (Å²) < 4.78 is 16.8. The normalized spacial score (nSPS) is 13.0. The van der Waals surface area contributed by atoms with E-state index in [1.54, 1.807) is 0 Å². The van der Waals surface area contributed by atoms with Crippen molar-refractivity contribution in [2.75, 3.05) is 13.2 Å². The fourth-order valence-electron chi connectivity index (χ4n) is 7.92. The zero-order valence-electron chi connectivity index (χ0n) is 47.4. The third kappa shape index (κ3) is 58.6. The first-order valence-corrected chi connectivity index (χ1v) is 30.0. The molecule has 1 unspecified atom stereocenters. The van der Waals surface area contributed by atoms with Gasteiger partial charge in [-0.15, -0.1) is 0 Å². The Hall–Kier alpha value is -4.19. The maximum Gasteiger partial charge on any atom is 0.306 e. The van der Waals surface area contributed by atoms with Crippen LogP contribution in [0, 0.1) is 0 Å². The van der Waals surface area contributed by atoms with Crippen LogP contribution in [0.5, 0.6) is 0 Å². The molecule has 0 aliphatic carbocycles. The number of carbonyl (C=O) groups excluding carboxylic acids is 3. The van der Waals surface area contributed by atoms with Gasteiger partial charge in [0.15, 0.2) is 6.10 Å². The Bertz CT molecular complexity index is 1540. The van der Waals surface area contributed by atoms with Gasteiger partial charge in [0.25, 0.3) is 0 Å². The molecule has 0 rings (SSSR count). The quantitative estimate of drug-likeness (QED) is 0.0261. The van der Waals surface area contributed by atoms with Crippen LogP contribution in [0.2, 0.25) is 0 Å². The van der Waals surface area contributed by atoms with Crippen LogP contribution in [-0.2, 0) is 28.6 Å². The molecule has 0 fully saturated rings. The molecule has 0 aliphatic rings. The van der Waals surface area contributed by atoms with Gasteiger partial charge in [0, 0.05) is 19.3 Å². The zero-order chi connectivity index (χ0) is 52.9. The van der Waals surface area contributed by atoms with Crippen molar-refractivity contribution in [2.24, 2.45) is 0 Å². The molecule has 6 heteroatoms. The minimum atomic E-state index is -0.811. The largest absolute Gasteiger partial charge is 0.462 e. The summed E-state index contributed by atoms with van der Waals surface area (Å²) in [6, 6.07) is 0. The molecular formula is C67H110O6. The van der Waals surface area contributed by atoms with Gasteiger partial charge in [0.2, 0.25) is 0 Å². The Morgan fingerprint density at radius 2 is 0.534 bits per heavy atom. The number of allylic oxidation sites excluding steroid dienone is 20. The summed E-state index contributed by atoms with van der Waals surface area (Å²) in [6.07, 6.45) is 83.3. The van der Waals surface area contributed by atoms with E-state index in [1.165, 1.54) is 89.9 Å². The average molecular weight is 1010 g/mol. The van der Waals surface area contributed by atoms with Gasteiger partial charge in [0.1, 0.15) is 13.2 Å². The Labute approximate surface area is 450 Å². The molecule has 0 radical (unpaired) electrons. The number of unbranched alkanes of at least 4 members (excludes halogenated alkanes) is 22. The monoisotopic (exact) mass is 1010 g/mol. The van der Waals surface area contributed by atoms with Gasteiger partial charge >= 0.3 is 17.9 Å². The molecule has 0 saturated heterocycles. The van der Waals surface area contributed by atoms with Gasteiger partial charge in [-0.2, -0.15) is 0 Å². The van der Waals surface area contributed by atoms with E-state index in [2.05, 4.69) is 142 Å². The van der Waals surface area contributed by atoms with Crippen molar-refractivity contribution >= 4 is 17.9 Å². The van der Waals surface area contributed by atoms with E-state index in [1.807, 2.05) is 0 Å². The number of hydrogen-bond acceptors (Lipinski definition) is 6. The van der Waals surface area contributed by atoms with E-state index < -0.39 is 6.10 Å². The van der Waals surface area contributed by atoms with Gasteiger partial charge in [-0.1, -0.05) is 232 Å². The molecule has 0 saturated carbocycles. The third-order valence-electron chi connectivity index (χ3n) is 12.4. The fraction of sp³-hybridized carbons (Fsp3) is 0.657. The molecule has 73 heavy (non-hydrogen) atoms. The number of carbonyl (C=O) groups is 3. The lowest BCUT2D eigenvalue weighted by molar-refractivity contribution is -0.167. The first kappa shape index (κ1) is 68.8. The molecular weight excluding hydrogens is 901 g/mol. The molecule has 414 valence electrons. The fourth-order valence-corrected chi connectivity index (χ4v) is 7.92. The van der Waals surface area contributed by atoms with Crippen LogP contribution in [0.4, 0.5) is 0 Å². The van der Waals surface area contributed by atoms with Crippen LogP contribution in [-0.4, -0.2) is 37.2 Å². The minimum absolute atomic E-state index is 0.104. The lowest BCUT2D eigenvalue weighted by Crippen LogP contribution is -2.30. The van der Waals surface area contributed by atoms with Crippen molar-refractivity contribution < 1.29 is 28.6 Å². The molecule has 0 aromatic carbocycles. The van der Waals surface area contributed by atoms with Crippen LogP contribution in [0.15, 0.2) is 122 Å². The second-order valence-corrected chi connectivity index (χ2v) is 19.5. The topological polar surface area (TPSA) is 78.9 Å². The highest BCUT2D eigenvalue weighted by atomic mass is 16.6. The van der Waals surface area contributed by atoms with Crippen LogP contribution in [0.25, 0.3) is 0 Å². The molecule has 1 atom stereocenters. The molecule has 0 aromatic heterocycles. The van der Waals surface area contributed by atoms with Gasteiger partial charge in [-0.05, 0) is 135 Å². The molecule has 0 heterocycles. The molecule has 0 aromatic rings. The second kappa shape index (κ2) is 60.4. The van der Waals surface area contributed by atoms with E-state index in [-0.39, 0.29) is 31.1 Å². The van der Waals surface area contributed by atoms with Crippen molar-refractivity contribution in [1.29, 1.82) is 0 Å². The summed E-state index contributed by atoms with van der Waals surface area (Å²) in [5.41, 5.74) is 0. The van der Waals surface area contributed by atoms with Crippen molar-refractivity contribution in [1.82, 2.24) is 0 Å². The lowest BCUT2D eigenvalue weighted by Gasteiger charge is -2.18. The first-order valence-electron chi connectivity index (χ1n) is 30.0. The second-order valence-electron chi connectivity index (χ2n) is 19.5. The van der Waals surface area contributed by atoms with Crippen molar-refractivity contribution in [3.05, 3.63) is 122 Å². The Morgan fingerprint density at radius 3 is 0.904 bits per heavy atom. The smallest absolute Gasteiger partial charge is 0.306 e. The molecule has 0 spiro atoms. The van der Waals surface area contributed by atoms with Crippen molar-refractivity contribution in [3.8, 4) is 0 Å². The van der Waals surface area contributed by atoms with Crippen LogP contribution < -0.4 is 0 Å². The highest BCUT2D eigenvalue weighted by Gasteiger charge is 2.19. The third-order valence-corrected chi connectivity index (χ3v) is 12.4. The highest BCUT2D eigenvalue weighted by Crippen LogP contribution is 2.14. The summed E-state index contributed by atoms with van der Waals surface area (Å²) in [7, 11) is 0. The lowest BCUT2D eigenvalue weighted by atomic mass is 10.1. The van der Waals surface area contributed by atoms with E-state index in [0.29, 0.717) is 25.7 Å². The minimum Gasteiger partial charge on any atom is -0.462 e. The molecule has 0 bridgehead atoms. The van der Waals surface area contributed by atoms with Crippen molar-refractivity contribution in [2.45, 2.75) is 271 Å². The maximum atomic E-state index is 12.9. The Morgan fingerprint density at radius 1 is 0.288 bits per heavy atom. The van der Waals surface area contributed by atoms with Gasteiger partial charge < -0.3 is 14.2 Å². The van der Waals surface area contributed by atoms with Crippen molar-refractivity contribution in [3.63, 3.8) is 0 Å². The van der Waals surface area contributed by atoms with Crippen LogP contribution in [0.1, 0.15) is 265 Å². The average Bonchev–Trinajstić information content (AvgIpc) is 3.39. The number of esters is 3. The zero-order valence-corrected chi connectivity index (χ0v) is 47.4. The summed E-state index contributed by atoms with van der Waals surface area (Å²) in [6.45, 7) is 6.44. The predicted molar refractivity (Wildman–Crippen MR) is 316 cm³/mol. The Kier molecular flexibility index (Phi) is 56.9. The van der Waals surface area contributed by atoms with E-state index >= 15 is 0 Å². The number of ether oxygens (including phenoxy) is 3. The van der Waals surface area contributed by atoms with E-state index in [0.717, 1.165) is 128 Å². The van der Waals surface area contributed by atoms with E-state index in [4.69, 9.17) is 14.2 Å². The maximum absolute atomic E-state index is 12.9. The van der Waals surface area contributed by atoms with Gasteiger partial charge in [-0.25, -0.2) is 0 Å². The molecule has 0 N–H and O–H groups in total. The standard InChI is InChI=1S/C67H110O6/c1-4-7-10-13-16-19-22-25-28-30-32-33-35-36-39-42-45-48-51-54-57-60-66(69)72-63-64(62-71-65(68)59-56-53-50-47-44-41-38-27-24-21-18-15-12-9-6-3)73-67(70)61-58-55-52-49-46-43-40-37-34-31-29-26-23-20-17-14-11-8-5-2/h7,10,16-17,19-20,25-29,32-34,36-39,45,48,64H,4-6,8-9,11-15,18,21-24,30-31,35,40-44,46-47,49-63H2,1-3H3/b10-7-,19-16-,20-17-,28-25-,29-26-,33-32-,37-34-,38-27-,39-36-,48-45-. The number of hydrogen-bond donors (Lipinski definition) is 0. The van der Waals surface area contributed by atoms with Crippen LogP contribution in [0.3, 0.4) is 0 Å². The molecule has 6 nitrogen and oxygen atoms in total. The predicted octanol–water partition coefficient (Wildman–Crippen LogP) is 20.4. The summed E-state index contributed by atoms with van der Waals surface area (Å²) in [5.74, 6) is -0.969. The molecule has 0 aliphatic heterocycles. The van der Waals surface area contributed by atoms with E-state index in [9.17, 15) is 14.4 Å². The van der Waals surface area contributed by atoms with Gasteiger partial charge in [0.05, 0.1) is 0 Å². The van der Waals surface area contributed by atoms with Crippen LogP contribution >= 0.6 is 0 Å². The SMILES string of the molecule is CC/C=C\C/C=C\C/C=C\C/C=C\C/C=C\C/C=C\CCCCC(=O)OCC(COC(=O)CCCCCCC/C=C\CCCCCCCC)OC(=O)CCCCCCCC/C=C\C/C=C\C/C=C\CCCCC. The summed E-state index contributed by atoms with van der Waals surface area (Å²) >= 11 is 0. The highest BCUT2D eigenvalue weighted by molar-refractivity contribution is 5.71. The summed E-state index contributed by atoms with van der Waals surface area (Å²) in [5, 5.41) is 0. The Balaban J connectivity index is 4.52. The summed E-state index contributed by atoms with van der Waals surface area (Å²) in [4.78, 5) is 38.2. The molecule has 0 amide bonds. The van der Waals surface area contributed by atoms with Gasteiger partial charge in [-0.3, -0.25) is 14.4 Å². The number of rotatable bonds is 53.